The highest BCUT2D eigenvalue weighted by Crippen LogP contribution is 2.53. The summed E-state index contributed by atoms with van der Waals surface area (Å²) >= 11 is 12.3. The first-order chi connectivity index (χ1) is 6.64. The Bertz CT molecular complexity index is 327. The normalized spacial score (nSPS) is 20.5. The minimum absolute atomic E-state index is 0.249. The molecule has 0 N–H and O–H groups in total. The number of rotatable bonds is 3. The Kier molecular flexibility index (Phi) is 2.77. The van der Waals surface area contributed by atoms with Gasteiger partial charge in [-0.05, 0) is 43.2 Å². The summed E-state index contributed by atoms with van der Waals surface area (Å²) in [5.74, 6) is 0. The third kappa shape index (κ3) is 1.92. The summed E-state index contributed by atoms with van der Waals surface area (Å²) in [5, 5.41) is 1.12. The molecule has 76 valence electrons. The highest BCUT2D eigenvalue weighted by Gasteiger charge is 2.46. The van der Waals surface area contributed by atoms with Crippen LogP contribution in [0.5, 0.6) is 0 Å². The zero-order valence-corrected chi connectivity index (χ0v) is 9.78. The van der Waals surface area contributed by atoms with Crippen LogP contribution in [-0.2, 0) is 6.42 Å². The molecule has 0 radical (unpaired) electrons. The van der Waals surface area contributed by atoms with Crippen molar-refractivity contribution in [2.45, 2.75) is 31.6 Å². The van der Waals surface area contributed by atoms with Crippen molar-refractivity contribution in [3.8, 4) is 0 Å². The fourth-order valence-corrected chi connectivity index (χ4v) is 2.39. The van der Waals surface area contributed by atoms with Crippen molar-refractivity contribution in [2.75, 3.05) is 0 Å². The van der Waals surface area contributed by atoms with Crippen LogP contribution in [0, 0.1) is 5.41 Å². The first-order valence-electron chi connectivity index (χ1n) is 5.01. The van der Waals surface area contributed by atoms with E-state index in [9.17, 15) is 0 Å². The van der Waals surface area contributed by atoms with E-state index >= 15 is 0 Å². The van der Waals surface area contributed by atoms with Crippen molar-refractivity contribution in [3.63, 3.8) is 0 Å². The van der Waals surface area contributed by atoms with Gasteiger partial charge in [-0.1, -0.05) is 29.8 Å². The van der Waals surface area contributed by atoms with Gasteiger partial charge >= 0.3 is 0 Å². The van der Waals surface area contributed by atoms with E-state index in [4.69, 9.17) is 23.2 Å². The lowest BCUT2D eigenvalue weighted by Gasteiger charge is -2.18. The molecule has 0 heterocycles. The molecule has 0 bridgehead atoms. The van der Waals surface area contributed by atoms with Crippen LogP contribution >= 0.6 is 23.2 Å². The standard InChI is InChI=1S/C12H14Cl2/c1-9(13)12(6-7-12)8-10-4-2-3-5-11(10)14/h2-5,9H,6-8H2,1H3. The van der Waals surface area contributed by atoms with Crippen molar-refractivity contribution in [1.82, 2.24) is 0 Å². The van der Waals surface area contributed by atoms with Crippen LogP contribution in [0.4, 0.5) is 0 Å². The van der Waals surface area contributed by atoms with E-state index in [1.165, 1.54) is 18.4 Å². The second kappa shape index (κ2) is 3.75. The van der Waals surface area contributed by atoms with Crippen LogP contribution in [0.1, 0.15) is 25.3 Å². The summed E-state index contributed by atoms with van der Waals surface area (Å²) in [6.07, 6.45) is 3.50. The van der Waals surface area contributed by atoms with Gasteiger partial charge in [0.25, 0.3) is 0 Å². The Morgan fingerprint density at radius 1 is 1.36 bits per heavy atom. The maximum atomic E-state index is 6.19. The molecule has 2 heteroatoms. The van der Waals surface area contributed by atoms with E-state index in [-0.39, 0.29) is 5.38 Å². The third-order valence-electron chi connectivity index (χ3n) is 3.24. The molecule has 0 aromatic heterocycles. The fraction of sp³-hybridized carbons (Fsp3) is 0.500. The van der Waals surface area contributed by atoms with Gasteiger partial charge in [0, 0.05) is 10.4 Å². The van der Waals surface area contributed by atoms with Crippen molar-refractivity contribution in [1.29, 1.82) is 0 Å². The number of hydrogen-bond acceptors (Lipinski definition) is 0. The molecular weight excluding hydrogens is 215 g/mol. The van der Waals surface area contributed by atoms with Gasteiger partial charge < -0.3 is 0 Å². The summed E-state index contributed by atoms with van der Waals surface area (Å²) in [7, 11) is 0. The molecule has 14 heavy (non-hydrogen) atoms. The minimum Gasteiger partial charge on any atom is -0.123 e. The molecular formula is C12H14Cl2. The molecule has 2 rings (SSSR count). The van der Waals surface area contributed by atoms with E-state index in [2.05, 4.69) is 13.0 Å². The highest BCUT2D eigenvalue weighted by atomic mass is 35.5. The smallest absolute Gasteiger partial charge is 0.0438 e. The van der Waals surface area contributed by atoms with Gasteiger partial charge in [0.1, 0.15) is 0 Å². The molecule has 0 aliphatic heterocycles. The molecule has 1 aromatic carbocycles. The predicted octanol–water partition coefficient (Wildman–Crippen LogP) is 4.29. The lowest BCUT2D eigenvalue weighted by molar-refractivity contribution is 0.496. The monoisotopic (exact) mass is 228 g/mol. The average molecular weight is 229 g/mol. The predicted molar refractivity (Wildman–Crippen MR) is 62.1 cm³/mol. The van der Waals surface area contributed by atoms with Gasteiger partial charge in [-0.25, -0.2) is 0 Å². The summed E-state index contributed by atoms with van der Waals surface area (Å²) in [5.41, 5.74) is 1.56. The van der Waals surface area contributed by atoms with Gasteiger partial charge in [-0.3, -0.25) is 0 Å². The Hall–Kier alpha value is -0.200. The quantitative estimate of drug-likeness (QED) is 0.678. The zero-order chi connectivity index (χ0) is 10.2. The summed E-state index contributed by atoms with van der Waals surface area (Å²) in [4.78, 5) is 0. The summed E-state index contributed by atoms with van der Waals surface area (Å²) in [6.45, 7) is 2.09. The van der Waals surface area contributed by atoms with Crippen LogP contribution in [-0.4, -0.2) is 5.38 Å². The first-order valence-corrected chi connectivity index (χ1v) is 5.83. The topological polar surface area (TPSA) is 0 Å². The van der Waals surface area contributed by atoms with E-state index < -0.39 is 0 Å². The van der Waals surface area contributed by atoms with Gasteiger partial charge in [-0.15, -0.1) is 11.6 Å². The van der Waals surface area contributed by atoms with Crippen molar-refractivity contribution < 1.29 is 0 Å². The lowest BCUT2D eigenvalue weighted by Crippen LogP contribution is -2.15. The summed E-state index contributed by atoms with van der Waals surface area (Å²) < 4.78 is 0. The Morgan fingerprint density at radius 2 is 2.00 bits per heavy atom. The van der Waals surface area contributed by atoms with Crippen molar-refractivity contribution in [2.24, 2.45) is 5.41 Å². The molecule has 1 aromatic rings. The van der Waals surface area contributed by atoms with Crippen molar-refractivity contribution in [3.05, 3.63) is 34.9 Å². The maximum absolute atomic E-state index is 6.19. The Morgan fingerprint density at radius 3 is 2.50 bits per heavy atom. The van der Waals surface area contributed by atoms with Gasteiger partial charge in [0.05, 0.1) is 0 Å². The summed E-state index contributed by atoms with van der Waals surface area (Å²) in [6, 6.07) is 8.05. The van der Waals surface area contributed by atoms with Crippen LogP contribution in [0.25, 0.3) is 0 Å². The van der Waals surface area contributed by atoms with Crippen LogP contribution in [0.3, 0.4) is 0 Å². The Labute approximate surface area is 95.2 Å². The van der Waals surface area contributed by atoms with Crippen LogP contribution < -0.4 is 0 Å². The zero-order valence-electron chi connectivity index (χ0n) is 8.26. The number of benzene rings is 1. The number of halogens is 2. The van der Waals surface area contributed by atoms with Gasteiger partial charge in [0.15, 0.2) is 0 Å². The molecule has 1 unspecified atom stereocenters. The van der Waals surface area contributed by atoms with Crippen LogP contribution in [0.15, 0.2) is 24.3 Å². The molecule has 1 atom stereocenters. The van der Waals surface area contributed by atoms with E-state index in [0.717, 1.165) is 11.4 Å². The maximum Gasteiger partial charge on any atom is 0.0438 e. The van der Waals surface area contributed by atoms with Gasteiger partial charge in [-0.2, -0.15) is 0 Å². The second-order valence-corrected chi connectivity index (χ2v) is 5.31. The van der Waals surface area contributed by atoms with Crippen LogP contribution in [0.2, 0.25) is 5.02 Å². The highest BCUT2D eigenvalue weighted by molar-refractivity contribution is 6.31. The molecule has 1 aliphatic rings. The Balaban J connectivity index is 2.15. The molecule has 0 amide bonds. The molecule has 1 fully saturated rings. The average Bonchev–Trinajstić information content (AvgIpc) is 2.90. The third-order valence-corrected chi connectivity index (χ3v) is 4.07. The first kappa shape index (κ1) is 10.3. The van der Waals surface area contributed by atoms with Gasteiger partial charge in [0.2, 0.25) is 0 Å². The van der Waals surface area contributed by atoms with E-state index in [1.54, 1.807) is 0 Å². The molecule has 1 saturated carbocycles. The lowest BCUT2D eigenvalue weighted by atomic mass is 9.93. The molecule has 1 aliphatic carbocycles. The van der Waals surface area contributed by atoms with Crippen molar-refractivity contribution >= 4 is 23.2 Å². The molecule has 0 saturated heterocycles. The largest absolute Gasteiger partial charge is 0.123 e. The number of hydrogen-bond donors (Lipinski definition) is 0. The molecule has 0 nitrogen and oxygen atoms in total. The molecule has 0 spiro atoms. The SMILES string of the molecule is CC(Cl)C1(Cc2ccccc2Cl)CC1. The van der Waals surface area contributed by atoms with E-state index in [1.807, 2.05) is 18.2 Å². The minimum atomic E-state index is 0.249. The van der Waals surface area contributed by atoms with E-state index in [0.29, 0.717) is 5.41 Å². The second-order valence-electron chi connectivity index (χ2n) is 4.25. The number of alkyl halides is 1. The fourth-order valence-electron chi connectivity index (χ4n) is 1.90.